The lowest BCUT2D eigenvalue weighted by Gasteiger charge is -2.29. The van der Waals surface area contributed by atoms with Crippen LogP contribution in [0, 0.1) is 0 Å². The molecule has 1 aliphatic rings. The molecule has 2 aromatic rings. The Hall–Kier alpha value is -1.88. The minimum Gasteiger partial charge on any atom is -0.349 e. The molecule has 0 aliphatic carbocycles. The number of hydrogen-bond acceptors (Lipinski definition) is 3. The summed E-state index contributed by atoms with van der Waals surface area (Å²) in [6.45, 7) is 6.45. The van der Waals surface area contributed by atoms with Gasteiger partial charge in [0.1, 0.15) is 0 Å². The molecular weight excluding hydrogens is 344 g/mol. The van der Waals surface area contributed by atoms with Crippen LogP contribution in [0.1, 0.15) is 61.7 Å². The van der Waals surface area contributed by atoms with Gasteiger partial charge in [0.05, 0.1) is 4.88 Å². The van der Waals surface area contributed by atoms with Crippen LogP contribution >= 0.6 is 11.3 Å². The average molecular weight is 373 g/mol. The number of nitrogens with zero attached hydrogens (tertiary/aromatic N) is 1. The van der Waals surface area contributed by atoms with Crippen LogP contribution < -0.4 is 5.32 Å². The van der Waals surface area contributed by atoms with Crippen molar-refractivity contribution in [3.63, 3.8) is 0 Å². The zero-order valence-corrected chi connectivity index (χ0v) is 16.7. The first-order valence-electron chi connectivity index (χ1n) is 9.56. The van der Waals surface area contributed by atoms with Crippen LogP contribution in [0.4, 0.5) is 0 Å². The highest BCUT2D eigenvalue weighted by Crippen LogP contribution is 2.34. The van der Waals surface area contributed by atoms with Crippen molar-refractivity contribution >= 4 is 33.2 Å². The molecular formula is C21H28N2O2S. The summed E-state index contributed by atoms with van der Waals surface area (Å²) in [7, 11) is 0. The molecule has 1 aliphatic heterocycles. The van der Waals surface area contributed by atoms with Crippen molar-refractivity contribution in [2.24, 2.45) is 0 Å². The fraction of sp³-hybridized carbons (Fsp3) is 0.524. The molecule has 0 radical (unpaired) electrons. The lowest BCUT2D eigenvalue weighted by molar-refractivity contribution is -0.131. The summed E-state index contributed by atoms with van der Waals surface area (Å²) in [5.41, 5.74) is 1.10. The maximum atomic E-state index is 12.8. The summed E-state index contributed by atoms with van der Waals surface area (Å²) < 4.78 is 1.14. The van der Waals surface area contributed by atoms with E-state index >= 15 is 0 Å². The van der Waals surface area contributed by atoms with E-state index in [0.29, 0.717) is 0 Å². The molecule has 1 atom stereocenters. The van der Waals surface area contributed by atoms with Gasteiger partial charge < -0.3 is 10.2 Å². The fourth-order valence-corrected chi connectivity index (χ4v) is 4.99. The van der Waals surface area contributed by atoms with Crippen LogP contribution in [0.3, 0.4) is 0 Å². The number of amides is 2. The third-order valence-electron chi connectivity index (χ3n) is 5.05. The van der Waals surface area contributed by atoms with Crippen LogP contribution in [0.5, 0.6) is 0 Å². The van der Waals surface area contributed by atoms with Gasteiger partial charge in [-0.2, -0.15) is 0 Å². The van der Waals surface area contributed by atoms with Crippen molar-refractivity contribution in [3.05, 3.63) is 34.7 Å². The summed E-state index contributed by atoms with van der Waals surface area (Å²) in [6, 6.07) is 8.50. The van der Waals surface area contributed by atoms with Crippen LogP contribution in [0.2, 0.25) is 0 Å². The highest BCUT2D eigenvalue weighted by Gasteiger charge is 2.27. The minimum absolute atomic E-state index is 0.000744. The van der Waals surface area contributed by atoms with Gasteiger partial charge in [-0.1, -0.05) is 31.0 Å². The Labute approximate surface area is 159 Å². The monoisotopic (exact) mass is 372 g/mol. The maximum absolute atomic E-state index is 12.8. The lowest BCUT2D eigenvalue weighted by Crippen LogP contribution is -2.40. The van der Waals surface area contributed by atoms with E-state index in [1.54, 1.807) is 18.3 Å². The Bertz CT molecular complexity index is 796. The average Bonchev–Trinajstić information content (AvgIpc) is 2.78. The number of hydrogen-bond donors (Lipinski definition) is 1. The Morgan fingerprint density at radius 1 is 1.23 bits per heavy atom. The molecule has 1 N–H and O–H groups in total. The largest absolute Gasteiger partial charge is 0.349 e. The molecule has 5 heteroatoms. The van der Waals surface area contributed by atoms with Crippen LogP contribution in [0.15, 0.2) is 24.3 Å². The highest BCUT2D eigenvalue weighted by molar-refractivity contribution is 7.21. The van der Waals surface area contributed by atoms with Gasteiger partial charge in [-0.25, -0.2) is 0 Å². The van der Waals surface area contributed by atoms with Crippen molar-refractivity contribution in [1.29, 1.82) is 0 Å². The molecule has 0 spiro atoms. The quantitative estimate of drug-likeness (QED) is 0.866. The van der Waals surface area contributed by atoms with E-state index in [1.165, 1.54) is 6.42 Å². The number of rotatable bonds is 4. The SMILES string of the molecule is CC(=O)N1CCCCC[C@@H]1Cc1c(C(=O)NC(C)C)sc2ccccc12. The van der Waals surface area contributed by atoms with E-state index in [4.69, 9.17) is 0 Å². The van der Waals surface area contributed by atoms with E-state index in [1.807, 2.05) is 30.9 Å². The third-order valence-corrected chi connectivity index (χ3v) is 6.26. The number of benzene rings is 1. The van der Waals surface area contributed by atoms with Gasteiger partial charge in [0.25, 0.3) is 5.91 Å². The van der Waals surface area contributed by atoms with Gasteiger partial charge in [-0.3, -0.25) is 9.59 Å². The molecule has 140 valence electrons. The summed E-state index contributed by atoms with van der Waals surface area (Å²) in [5, 5.41) is 4.19. The molecule has 2 heterocycles. The zero-order chi connectivity index (χ0) is 18.7. The zero-order valence-electron chi connectivity index (χ0n) is 15.9. The molecule has 0 saturated carbocycles. The maximum Gasteiger partial charge on any atom is 0.261 e. The van der Waals surface area contributed by atoms with E-state index in [0.717, 1.165) is 52.8 Å². The minimum atomic E-state index is -0.000744. The highest BCUT2D eigenvalue weighted by atomic mass is 32.1. The second kappa shape index (κ2) is 8.21. The lowest BCUT2D eigenvalue weighted by atomic mass is 9.98. The first kappa shape index (κ1) is 18.9. The normalized spacial score (nSPS) is 18.2. The Morgan fingerprint density at radius 3 is 2.73 bits per heavy atom. The molecule has 1 aromatic heterocycles. The Balaban J connectivity index is 1.99. The fourth-order valence-electron chi connectivity index (χ4n) is 3.85. The molecule has 1 aromatic carbocycles. The van der Waals surface area contributed by atoms with Crippen molar-refractivity contribution in [1.82, 2.24) is 10.2 Å². The number of likely N-dealkylation sites (tertiary alicyclic amines) is 1. The van der Waals surface area contributed by atoms with E-state index in [9.17, 15) is 9.59 Å². The van der Waals surface area contributed by atoms with Gasteiger partial charge in [0.2, 0.25) is 5.91 Å². The topological polar surface area (TPSA) is 49.4 Å². The summed E-state index contributed by atoms with van der Waals surface area (Å²) in [5.74, 6) is 0.142. The standard InChI is InChI=1S/C21H28N2O2S/c1-14(2)22-21(25)20-18(17-10-6-7-11-19(17)26-20)13-16-9-5-4-8-12-23(16)15(3)24/h6-7,10-11,14,16H,4-5,8-9,12-13H2,1-3H3,(H,22,25)/t16-/m1/s1. The molecule has 1 saturated heterocycles. The molecule has 2 amide bonds. The number of carbonyl (C=O) groups is 2. The second-order valence-corrected chi connectivity index (χ2v) is 8.51. The predicted octanol–water partition coefficient (Wildman–Crippen LogP) is 4.37. The van der Waals surface area contributed by atoms with Gasteiger partial charge >= 0.3 is 0 Å². The van der Waals surface area contributed by atoms with Crippen LogP contribution in [0.25, 0.3) is 10.1 Å². The predicted molar refractivity (Wildman–Crippen MR) is 108 cm³/mol. The van der Waals surface area contributed by atoms with E-state index in [2.05, 4.69) is 17.4 Å². The van der Waals surface area contributed by atoms with Crippen molar-refractivity contribution in [2.75, 3.05) is 6.54 Å². The summed E-state index contributed by atoms with van der Waals surface area (Å²) in [6.07, 6.45) is 5.15. The van der Waals surface area contributed by atoms with Crippen molar-refractivity contribution in [3.8, 4) is 0 Å². The smallest absolute Gasteiger partial charge is 0.261 e. The third kappa shape index (κ3) is 4.09. The molecule has 1 fully saturated rings. The van der Waals surface area contributed by atoms with Crippen LogP contribution in [-0.2, 0) is 11.2 Å². The molecule has 0 bridgehead atoms. The van der Waals surface area contributed by atoms with Gasteiger partial charge in [-0.15, -0.1) is 11.3 Å². The van der Waals surface area contributed by atoms with Crippen LogP contribution in [-0.4, -0.2) is 35.3 Å². The summed E-state index contributed by atoms with van der Waals surface area (Å²) in [4.78, 5) is 27.8. The molecule has 4 nitrogen and oxygen atoms in total. The van der Waals surface area contributed by atoms with E-state index < -0.39 is 0 Å². The van der Waals surface area contributed by atoms with E-state index in [-0.39, 0.29) is 23.9 Å². The van der Waals surface area contributed by atoms with Gasteiger partial charge in [-0.05, 0) is 50.1 Å². The summed E-state index contributed by atoms with van der Waals surface area (Å²) >= 11 is 1.56. The number of fused-ring (bicyclic) bond motifs is 1. The molecule has 26 heavy (non-hydrogen) atoms. The van der Waals surface area contributed by atoms with Gasteiger partial charge in [0.15, 0.2) is 0 Å². The Kier molecular flexibility index (Phi) is 5.97. The number of nitrogens with one attached hydrogen (secondary N) is 1. The second-order valence-electron chi connectivity index (χ2n) is 7.45. The first-order valence-corrected chi connectivity index (χ1v) is 10.4. The first-order chi connectivity index (χ1) is 12.5. The Morgan fingerprint density at radius 2 is 2.00 bits per heavy atom. The number of carbonyl (C=O) groups excluding carboxylic acids is 2. The molecule has 0 unspecified atom stereocenters. The van der Waals surface area contributed by atoms with Crippen molar-refractivity contribution < 1.29 is 9.59 Å². The number of thiophene rings is 1. The van der Waals surface area contributed by atoms with Gasteiger partial charge in [0, 0.05) is 30.3 Å². The molecule has 3 rings (SSSR count). The van der Waals surface area contributed by atoms with Crippen molar-refractivity contribution in [2.45, 2.75) is 65.0 Å².